The Morgan fingerprint density at radius 1 is 1.67 bits per heavy atom. The lowest BCUT2D eigenvalue weighted by molar-refractivity contribution is 0.00528. The molecule has 1 aliphatic rings. The van der Waals surface area contributed by atoms with E-state index < -0.39 is 0 Å². The molecule has 1 aliphatic heterocycles. The normalized spacial score (nSPS) is 21.3. The monoisotopic (exact) mass is 252 g/mol. The molecule has 7 nitrogen and oxygen atoms in total. The molecule has 0 saturated carbocycles. The summed E-state index contributed by atoms with van der Waals surface area (Å²) < 4.78 is 7.42. The van der Waals surface area contributed by atoms with E-state index in [0.717, 1.165) is 25.5 Å². The summed E-state index contributed by atoms with van der Waals surface area (Å²) in [4.78, 5) is 6.42. The summed E-state index contributed by atoms with van der Waals surface area (Å²) in [5.41, 5.74) is 5.98. The van der Waals surface area contributed by atoms with Gasteiger partial charge in [0.15, 0.2) is 11.8 Å². The minimum atomic E-state index is 0.201. The lowest BCUT2D eigenvalue weighted by Crippen LogP contribution is -2.47. The van der Waals surface area contributed by atoms with Crippen molar-refractivity contribution in [1.29, 1.82) is 0 Å². The van der Waals surface area contributed by atoms with E-state index in [1.54, 1.807) is 6.33 Å². The Morgan fingerprint density at radius 3 is 3.22 bits per heavy atom. The fourth-order valence-electron chi connectivity index (χ4n) is 1.94. The number of aryl methyl sites for hydroxylation is 1. The molecule has 1 aromatic heterocycles. The molecule has 100 valence electrons. The first-order chi connectivity index (χ1) is 8.70. The average molecular weight is 252 g/mol. The SMILES string of the molecule is CCn1cnnc1CN=C(N)N1CCOC(C)C1. The van der Waals surface area contributed by atoms with Crippen molar-refractivity contribution in [2.24, 2.45) is 10.7 Å². The summed E-state index contributed by atoms with van der Waals surface area (Å²) in [7, 11) is 0. The summed E-state index contributed by atoms with van der Waals surface area (Å²) in [6.45, 7) is 7.66. The highest BCUT2D eigenvalue weighted by molar-refractivity contribution is 5.78. The van der Waals surface area contributed by atoms with E-state index in [0.29, 0.717) is 19.1 Å². The van der Waals surface area contributed by atoms with Crippen LogP contribution in [0.1, 0.15) is 19.7 Å². The van der Waals surface area contributed by atoms with Crippen molar-refractivity contribution in [3.8, 4) is 0 Å². The van der Waals surface area contributed by atoms with E-state index in [1.165, 1.54) is 0 Å². The van der Waals surface area contributed by atoms with Gasteiger partial charge in [-0.3, -0.25) is 0 Å². The summed E-state index contributed by atoms with van der Waals surface area (Å²) in [6, 6.07) is 0. The Balaban J connectivity index is 1.96. The van der Waals surface area contributed by atoms with E-state index in [2.05, 4.69) is 15.2 Å². The lowest BCUT2D eigenvalue weighted by atomic mass is 10.3. The molecule has 2 N–H and O–H groups in total. The van der Waals surface area contributed by atoms with Gasteiger partial charge in [0.05, 0.1) is 12.7 Å². The highest BCUT2D eigenvalue weighted by Gasteiger charge is 2.18. The number of guanidine groups is 1. The zero-order chi connectivity index (χ0) is 13.0. The highest BCUT2D eigenvalue weighted by Crippen LogP contribution is 2.04. The number of aliphatic imine (C=N–C) groups is 1. The summed E-state index contributed by atoms with van der Waals surface area (Å²) in [6.07, 6.45) is 1.91. The van der Waals surface area contributed by atoms with E-state index in [9.17, 15) is 0 Å². The molecule has 1 atom stereocenters. The van der Waals surface area contributed by atoms with Crippen molar-refractivity contribution in [3.63, 3.8) is 0 Å². The first-order valence-electron chi connectivity index (χ1n) is 6.24. The molecule has 1 unspecified atom stereocenters. The standard InChI is InChI=1S/C11H20N6O/c1-3-16-8-14-15-10(16)6-13-11(12)17-4-5-18-9(2)7-17/h8-9H,3-7H2,1-2H3,(H2,12,13). The molecule has 2 rings (SSSR count). The van der Waals surface area contributed by atoms with E-state index in [-0.39, 0.29) is 6.10 Å². The van der Waals surface area contributed by atoms with E-state index in [4.69, 9.17) is 10.5 Å². The molecule has 1 aromatic rings. The van der Waals surface area contributed by atoms with Gasteiger partial charge in [-0.1, -0.05) is 0 Å². The van der Waals surface area contributed by atoms with Gasteiger partial charge >= 0.3 is 0 Å². The molecule has 0 radical (unpaired) electrons. The molecule has 0 amide bonds. The number of hydrogen-bond acceptors (Lipinski definition) is 4. The van der Waals surface area contributed by atoms with Crippen LogP contribution in [-0.2, 0) is 17.8 Å². The van der Waals surface area contributed by atoms with E-state index in [1.807, 2.05) is 23.3 Å². The molecule has 1 fully saturated rings. The molecule has 0 aromatic carbocycles. The topological polar surface area (TPSA) is 81.6 Å². The molecular weight excluding hydrogens is 232 g/mol. The first kappa shape index (κ1) is 12.8. The minimum Gasteiger partial charge on any atom is -0.375 e. The predicted molar refractivity (Wildman–Crippen MR) is 68.0 cm³/mol. The molecule has 18 heavy (non-hydrogen) atoms. The maximum absolute atomic E-state index is 5.98. The summed E-state index contributed by atoms with van der Waals surface area (Å²) in [5.74, 6) is 1.39. The Hall–Kier alpha value is -1.63. The first-order valence-corrected chi connectivity index (χ1v) is 6.24. The molecule has 0 aliphatic carbocycles. The van der Waals surface area contributed by atoms with Crippen molar-refractivity contribution < 1.29 is 4.74 Å². The van der Waals surface area contributed by atoms with Crippen molar-refractivity contribution in [2.45, 2.75) is 33.0 Å². The predicted octanol–water partition coefficient (Wildman–Crippen LogP) is -0.167. The third kappa shape index (κ3) is 2.98. The molecule has 0 bridgehead atoms. The second-order valence-corrected chi connectivity index (χ2v) is 4.34. The number of nitrogens with two attached hydrogens (primary N) is 1. The van der Waals surface area contributed by atoms with Crippen LogP contribution in [0.15, 0.2) is 11.3 Å². The van der Waals surface area contributed by atoms with Crippen LogP contribution in [0.5, 0.6) is 0 Å². The minimum absolute atomic E-state index is 0.201. The van der Waals surface area contributed by atoms with Gasteiger partial charge < -0.3 is 19.9 Å². The number of morpholine rings is 1. The van der Waals surface area contributed by atoms with Crippen LogP contribution in [0.25, 0.3) is 0 Å². The Morgan fingerprint density at radius 2 is 2.50 bits per heavy atom. The van der Waals surface area contributed by atoms with Crippen LogP contribution in [0.3, 0.4) is 0 Å². The van der Waals surface area contributed by atoms with Gasteiger partial charge in [0.25, 0.3) is 0 Å². The zero-order valence-electron chi connectivity index (χ0n) is 10.9. The van der Waals surface area contributed by atoms with Gasteiger partial charge in [-0.25, -0.2) is 4.99 Å². The average Bonchev–Trinajstić information content (AvgIpc) is 2.83. The Kier molecular flexibility index (Phi) is 4.14. The quantitative estimate of drug-likeness (QED) is 0.597. The van der Waals surface area contributed by atoms with Gasteiger partial charge in [-0.05, 0) is 13.8 Å². The van der Waals surface area contributed by atoms with Gasteiger partial charge in [-0.2, -0.15) is 0 Å². The van der Waals surface area contributed by atoms with Crippen LogP contribution in [0.2, 0.25) is 0 Å². The second-order valence-electron chi connectivity index (χ2n) is 4.34. The molecular formula is C11H20N6O. The van der Waals surface area contributed by atoms with Crippen LogP contribution >= 0.6 is 0 Å². The van der Waals surface area contributed by atoms with Crippen molar-refractivity contribution >= 4 is 5.96 Å². The van der Waals surface area contributed by atoms with Crippen molar-refractivity contribution in [1.82, 2.24) is 19.7 Å². The third-order valence-corrected chi connectivity index (χ3v) is 2.98. The van der Waals surface area contributed by atoms with Crippen molar-refractivity contribution in [3.05, 3.63) is 12.2 Å². The molecule has 7 heteroatoms. The maximum Gasteiger partial charge on any atom is 0.191 e. The van der Waals surface area contributed by atoms with E-state index >= 15 is 0 Å². The fraction of sp³-hybridized carbons (Fsp3) is 0.727. The van der Waals surface area contributed by atoms with Crippen LogP contribution < -0.4 is 5.73 Å². The van der Waals surface area contributed by atoms with Crippen LogP contribution in [-0.4, -0.2) is 51.4 Å². The number of rotatable bonds is 3. The molecule has 2 heterocycles. The third-order valence-electron chi connectivity index (χ3n) is 2.98. The Labute approximate surface area is 107 Å². The van der Waals surface area contributed by atoms with Crippen LogP contribution in [0, 0.1) is 0 Å². The summed E-state index contributed by atoms with van der Waals surface area (Å²) in [5, 5.41) is 7.89. The number of nitrogens with zero attached hydrogens (tertiary/aromatic N) is 5. The second kappa shape index (κ2) is 5.81. The largest absolute Gasteiger partial charge is 0.375 e. The maximum atomic E-state index is 5.98. The Bertz CT molecular complexity index is 415. The number of hydrogen-bond donors (Lipinski definition) is 1. The van der Waals surface area contributed by atoms with Gasteiger partial charge in [0.1, 0.15) is 12.9 Å². The smallest absolute Gasteiger partial charge is 0.191 e. The van der Waals surface area contributed by atoms with Gasteiger partial charge in [0.2, 0.25) is 0 Å². The van der Waals surface area contributed by atoms with Crippen LogP contribution in [0.4, 0.5) is 0 Å². The van der Waals surface area contributed by atoms with Gasteiger partial charge in [0, 0.05) is 19.6 Å². The molecule has 0 spiro atoms. The number of ether oxygens (including phenoxy) is 1. The van der Waals surface area contributed by atoms with Crippen molar-refractivity contribution in [2.75, 3.05) is 19.7 Å². The molecule has 1 saturated heterocycles. The lowest BCUT2D eigenvalue weighted by Gasteiger charge is -2.31. The number of aromatic nitrogens is 3. The van der Waals surface area contributed by atoms with Gasteiger partial charge in [-0.15, -0.1) is 10.2 Å². The summed E-state index contributed by atoms with van der Waals surface area (Å²) >= 11 is 0. The highest BCUT2D eigenvalue weighted by atomic mass is 16.5. The zero-order valence-corrected chi connectivity index (χ0v) is 10.9. The fourth-order valence-corrected chi connectivity index (χ4v) is 1.94.